The van der Waals surface area contributed by atoms with Crippen molar-refractivity contribution in [2.75, 3.05) is 5.12 Å². The fourth-order valence-electron chi connectivity index (χ4n) is 2.13. The van der Waals surface area contributed by atoms with Gasteiger partial charge in [0.05, 0.1) is 17.8 Å². The summed E-state index contributed by atoms with van der Waals surface area (Å²) in [6.45, 7) is 0. The van der Waals surface area contributed by atoms with E-state index in [1.54, 1.807) is 0 Å². The van der Waals surface area contributed by atoms with Crippen LogP contribution in [-0.2, 0) is 0 Å². The highest BCUT2D eigenvalue weighted by Gasteiger charge is 2.22. The van der Waals surface area contributed by atoms with E-state index in [9.17, 15) is 19.7 Å². The van der Waals surface area contributed by atoms with Gasteiger partial charge in [-0.25, -0.2) is 5.84 Å². The van der Waals surface area contributed by atoms with Gasteiger partial charge in [0.2, 0.25) is 0 Å². The third-order valence-electron chi connectivity index (χ3n) is 3.38. The van der Waals surface area contributed by atoms with Crippen LogP contribution in [0.2, 0.25) is 5.02 Å². The smallest absolute Gasteiger partial charge is 0.399 e. The van der Waals surface area contributed by atoms with Crippen molar-refractivity contribution in [1.82, 2.24) is 9.89 Å². The Bertz CT molecular complexity index is 994. The molecule has 1 amide bonds. The molecule has 0 saturated carbocycles. The van der Waals surface area contributed by atoms with Crippen molar-refractivity contribution in [2.45, 2.75) is 0 Å². The highest BCUT2D eigenvalue weighted by Crippen LogP contribution is 2.27. The molecule has 26 heavy (non-hydrogen) atoms. The standard InChI is InChI=1S/C15H10ClN5O5/c16-11-3-1-9(2-4-11)15(23)20(17)19-7-10(8-22)14(18-19)12-5-6-13(26-12)21(24)25/h1-8H,17H2. The monoisotopic (exact) mass is 375 g/mol. The number of furan rings is 1. The highest BCUT2D eigenvalue weighted by molar-refractivity contribution is 6.30. The first-order chi connectivity index (χ1) is 12.4. The Morgan fingerprint density at radius 3 is 2.58 bits per heavy atom. The van der Waals surface area contributed by atoms with Crippen LogP contribution in [0.25, 0.3) is 11.5 Å². The maximum atomic E-state index is 12.4. The number of hydrogen-bond acceptors (Lipinski definition) is 7. The number of amides is 1. The Morgan fingerprint density at radius 2 is 2.00 bits per heavy atom. The molecule has 0 unspecified atom stereocenters. The molecular weight excluding hydrogens is 366 g/mol. The van der Waals surface area contributed by atoms with Gasteiger partial charge >= 0.3 is 5.88 Å². The zero-order valence-corrected chi connectivity index (χ0v) is 13.7. The first-order valence-corrected chi connectivity index (χ1v) is 7.43. The number of nitro groups is 1. The second kappa shape index (κ2) is 6.78. The molecule has 2 N–H and O–H groups in total. The van der Waals surface area contributed by atoms with Crippen LogP contribution < -0.4 is 11.0 Å². The van der Waals surface area contributed by atoms with Crippen LogP contribution >= 0.6 is 11.6 Å². The van der Waals surface area contributed by atoms with Gasteiger partial charge in [0.25, 0.3) is 5.91 Å². The molecule has 1 aromatic carbocycles. The van der Waals surface area contributed by atoms with E-state index in [0.29, 0.717) is 16.4 Å². The largest absolute Gasteiger partial charge is 0.433 e. The van der Waals surface area contributed by atoms with Crippen molar-refractivity contribution in [1.29, 1.82) is 0 Å². The minimum Gasteiger partial charge on any atom is -0.399 e. The molecule has 0 aliphatic heterocycles. The van der Waals surface area contributed by atoms with Crippen molar-refractivity contribution in [3.63, 3.8) is 0 Å². The van der Waals surface area contributed by atoms with Gasteiger partial charge in [-0.2, -0.15) is 9.91 Å². The first kappa shape index (κ1) is 17.3. The molecule has 0 spiro atoms. The summed E-state index contributed by atoms with van der Waals surface area (Å²) < 4.78 is 5.03. The van der Waals surface area contributed by atoms with Crippen LogP contribution in [0.4, 0.5) is 5.88 Å². The second-order valence-electron chi connectivity index (χ2n) is 5.02. The van der Waals surface area contributed by atoms with Gasteiger partial charge in [-0.1, -0.05) is 11.6 Å². The average Bonchev–Trinajstić information content (AvgIpc) is 3.27. The molecule has 2 aromatic heterocycles. The molecule has 11 heteroatoms. The van der Waals surface area contributed by atoms with E-state index in [2.05, 4.69) is 5.10 Å². The van der Waals surface area contributed by atoms with Crippen LogP contribution in [0.1, 0.15) is 20.7 Å². The molecule has 0 aliphatic rings. The van der Waals surface area contributed by atoms with E-state index in [1.165, 1.54) is 36.5 Å². The lowest BCUT2D eigenvalue weighted by molar-refractivity contribution is -0.401. The summed E-state index contributed by atoms with van der Waals surface area (Å²) in [5.74, 6) is 4.65. The van der Waals surface area contributed by atoms with E-state index in [1.807, 2.05) is 0 Å². The number of hydrogen-bond donors (Lipinski definition) is 1. The molecule has 0 fully saturated rings. The van der Waals surface area contributed by atoms with E-state index in [4.69, 9.17) is 21.9 Å². The fraction of sp³-hybridized carbons (Fsp3) is 0. The van der Waals surface area contributed by atoms with Gasteiger partial charge < -0.3 is 4.42 Å². The first-order valence-electron chi connectivity index (χ1n) is 7.05. The number of carbonyl (C=O) groups excluding carboxylic acids is 2. The predicted molar refractivity (Wildman–Crippen MR) is 90.2 cm³/mol. The summed E-state index contributed by atoms with van der Waals surface area (Å²) in [5.41, 5.74) is 0.288. The minimum atomic E-state index is -0.722. The maximum Gasteiger partial charge on any atom is 0.433 e. The van der Waals surface area contributed by atoms with Crippen LogP contribution in [0.5, 0.6) is 0 Å². The quantitative estimate of drug-likeness (QED) is 0.237. The molecule has 0 saturated heterocycles. The van der Waals surface area contributed by atoms with Crippen molar-refractivity contribution in [3.8, 4) is 11.5 Å². The molecule has 3 aromatic rings. The summed E-state index contributed by atoms with van der Waals surface area (Å²) in [7, 11) is 0. The Balaban J connectivity index is 1.94. The summed E-state index contributed by atoms with van der Waals surface area (Å²) in [6.07, 6.45) is 1.66. The summed E-state index contributed by atoms with van der Waals surface area (Å²) in [5, 5.41) is 15.9. The van der Waals surface area contributed by atoms with Crippen molar-refractivity contribution >= 4 is 29.7 Å². The molecule has 0 aliphatic carbocycles. The normalized spacial score (nSPS) is 10.5. The van der Waals surface area contributed by atoms with Gasteiger partial charge in [0.15, 0.2) is 12.0 Å². The zero-order chi connectivity index (χ0) is 18.8. The number of aromatic nitrogens is 2. The van der Waals surface area contributed by atoms with Gasteiger partial charge in [0, 0.05) is 10.6 Å². The number of aldehydes is 1. The van der Waals surface area contributed by atoms with Gasteiger partial charge in [-0.05, 0) is 30.3 Å². The lowest BCUT2D eigenvalue weighted by Crippen LogP contribution is -2.46. The lowest BCUT2D eigenvalue weighted by Gasteiger charge is -2.15. The lowest BCUT2D eigenvalue weighted by atomic mass is 10.2. The molecule has 2 heterocycles. The number of hydrazine groups is 1. The SMILES string of the molecule is NN(C(=O)c1ccc(Cl)cc1)n1cc(C=O)c(-c2ccc([N+](=O)[O-])o2)n1. The summed E-state index contributed by atoms with van der Waals surface area (Å²) >= 11 is 5.78. The molecule has 132 valence electrons. The number of carbonyl (C=O) groups is 2. The van der Waals surface area contributed by atoms with E-state index in [-0.39, 0.29) is 22.6 Å². The summed E-state index contributed by atoms with van der Waals surface area (Å²) in [6, 6.07) is 8.42. The van der Waals surface area contributed by atoms with Crippen molar-refractivity contribution in [2.24, 2.45) is 5.84 Å². The molecular formula is C15H10ClN5O5. The van der Waals surface area contributed by atoms with Crippen LogP contribution in [-0.4, -0.2) is 27.0 Å². The number of rotatable bonds is 5. The topological polar surface area (TPSA) is 138 Å². The van der Waals surface area contributed by atoms with E-state index in [0.717, 1.165) is 10.9 Å². The molecule has 3 rings (SSSR count). The molecule has 0 bridgehead atoms. The summed E-state index contributed by atoms with van der Waals surface area (Å²) in [4.78, 5) is 34.6. The Labute approximate surface area is 150 Å². The Hall–Kier alpha value is -3.50. The van der Waals surface area contributed by atoms with Gasteiger partial charge in [-0.3, -0.25) is 19.7 Å². The number of nitrogens with two attached hydrogens (primary N) is 1. The third-order valence-corrected chi connectivity index (χ3v) is 3.63. The van der Waals surface area contributed by atoms with Crippen LogP contribution in [0.15, 0.2) is 47.0 Å². The maximum absolute atomic E-state index is 12.4. The number of nitrogens with zero attached hydrogens (tertiary/aromatic N) is 4. The van der Waals surface area contributed by atoms with E-state index >= 15 is 0 Å². The van der Waals surface area contributed by atoms with Crippen molar-refractivity contribution < 1.29 is 18.9 Å². The molecule has 10 nitrogen and oxygen atoms in total. The third kappa shape index (κ3) is 3.18. The Morgan fingerprint density at radius 1 is 1.31 bits per heavy atom. The van der Waals surface area contributed by atoms with Crippen LogP contribution in [0.3, 0.4) is 0 Å². The minimum absolute atomic E-state index is 0.00690. The Kier molecular flexibility index (Phi) is 4.52. The fourth-order valence-corrected chi connectivity index (χ4v) is 2.26. The predicted octanol–water partition coefficient (Wildman–Crippen LogP) is 2.17. The highest BCUT2D eigenvalue weighted by atomic mass is 35.5. The van der Waals surface area contributed by atoms with E-state index < -0.39 is 16.7 Å². The van der Waals surface area contributed by atoms with Gasteiger partial charge in [0.1, 0.15) is 10.6 Å². The van der Waals surface area contributed by atoms with Crippen molar-refractivity contribution in [3.05, 3.63) is 68.9 Å². The zero-order valence-electron chi connectivity index (χ0n) is 12.9. The molecule has 0 radical (unpaired) electrons. The van der Waals surface area contributed by atoms with Gasteiger partial charge in [-0.15, -0.1) is 5.10 Å². The number of halogens is 1. The molecule has 0 atom stereocenters. The second-order valence-corrected chi connectivity index (χ2v) is 5.46. The number of benzene rings is 1. The van der Waals surface area contributed by atoms with Crippen LogP contribution in [0, 0.1) is 10.1 Å². The average molecular weight is 376 g/mol.